The van der Waals surface area contributed by atoms with Crippen molar-refractivity contribution in [3.8, 4) is 5.75 Å². The van der Waals surface area contributed by atoms with Crippen LogP contribution in [0, 0.1) is 0 Å². The number of esters is 1. The number of carbonyl (C=O) groups excluding carboxylic acids is 1. The third-order valence-corrected chi connectivity index (χ3v) is 1.77. The van der Waals surface area contributed by atoms with Gasteiger partial charge < -0.3 is 4.74 Å². The van der Waals surface area contributed by atoms with Gasteiger partial charge in [0, 0.05) is 13.3 Å². The average Bonchev–Trinajstić information content (AvgIpc) is 1.83. The summed E-state index contributed by atoms with van der Waals surface area (Å²) in [4.78, 5) is 10.6. The molecule has 0 radical (unpaired) electrons. The van der Waals surface area contributed by atoms with Crippen LogP contribution in [0.3, 0.4) is 0 Å². The van der Waals surface area contributed by atoms with Crippen molar-refractivity contribution in [3.05, 3.63) is 29.3 Å². The van der Waals surface area contributed by atoms with Crippen molar-refractivity contribution in [1.82, 2.24) is 0 Å². The lowest BCUT2D eigenvalue weighted by atomic mass is 9.92. The summed E-state index contributed by atoms with van der Waals surface area (Å²) in [5.41, 5.74) is 2.45. The summed E-state index contributed by atoms with van der Waals surface area (Å²) in [5.74, 6) is 0.466. The maximum absolute atomic E-state index is 10.6. The van der Waals surface area contributed by atoms with E-state index in [1.54, 1.807) is 0 Å². The lowest BCUT2D eigenvalue weighted by molar-refractivity contribution is -0.131. The van der Waals surface area contributed by atoms with Gasteiger partial charge in [-0.15, -0.1) is 0 Å². The standard InChI is InChI=1S/C9H8O2/c1-6(10)11-9-3-2-7-4-8(9)5-7/h2-4H,5H2,1H3. The van der Waals surface area contributed by atoms with Crippen LogP contribution in [0.1, 0.15) is 18.1 Å². The molecular formula is C9H8O2. The van der Waals surface area contributed by atoms with Gasteiger partial charge in [-0.1, -0.05) is 12.1 Å². The molecule has 0 spiro atoms. The second kappa shape index (κ2) is 2.09. The highest BCUT2D eigenvalue weighted by atomic mass is 16.5. The highest BCUT2D eigenvalue weighted by molar-refractivity contribution is 5.70. The molecular weight excluding hydrogens is 140 g/mol. The summed E-state index contributed by atoms with van der Waals surface area (Å²) in [6.07, 6.45) is 0.957. The summed E-state index contributed by atoms with van der Waals surface area (Å²) >= 11 is 0. The largest absolute Gasteiger partial charge is 0.426 e. The smallest absolute Gasteiger partial charge is 0.308 e. The quantitative estimate of drug-likeness (QED) is 0.452. The second-order valence-electron chi connectivity index (χ2n) is 2.71. The number of carbonyl (C=O) groups is 1. The first-order chi connectivity index (χ1) is 5.25. The molecule has 2 bridgehead atoms. The van der Waals surface area contributed by atoms with E-state index in [4.69, 9.17) is 4.74 Å². The third-order valence-electron chi connectivity index (χ3n) is 1.77. The molecule has 0 fully saturated rings. The Morgan fingerprint density at radius 2 is 2.27 bits per heavy atom. The van der Waals surface area contributed by atoms with Crippen LogP contribution in [0.5, 0.6) is 5.75 Å². The SMILES string of the molecule is CC(=O)Oc1ccc2cc1C2. The first kappa shape index (κ1) is 6.40. The molecule has 2 aliphatic rings. The predicted octanol–water partition coefficient (Wildman–Crippen LogP) is 1.52. The number of hydrogen-bond donors (Lipinski definition) is 0. The van der Waals surface area contributed by atoms with Crippen molar-refractivity contribution in [1.29, 1.82) is 0 Å². The number of ether oxygens (including phenoxy) is 1. The molecule has 0 atom stereocenters. The Hall–Kier alpha value is -1.31. The fourth-order valence-electron chi connectivity index (χ4n) is 1.22. The van der Waals surface area contributed by atoms with Crippen LogP contribution in [-0.2, 0) is 11.2 Å². The molecule has 0 saturated heterocycles. The van der Waals surface area contributed by atoms with Gasteiger partial charge in [0.15, 0.2) is 0 Å². The summed E-state index contributed by atoms with van der Waals surface area (Å²) in [6.45, 7) is 1.42. The summed E-state index contributed by atoms with van der Waals surface area (Å²) in [7, 11) is 0. The van der Waals surface area contributed by atoms with Crippen molar-refractivity contribution >= 4 is 5.97 Å². The fraction of sp³-hybridized carbons (Fsp3) is 0.222. The molecule has 2 nitrogen and oxygen atoms in total. The van der Waals surface area contributed by atoms with E-state index in [1.165, 1.54) is 12.5 Å². The Kier molecular flexibility index (Phi) is 1.22. The minimum absolute atomic E-state index is 0.249. The van der Waals surface area contributed by atoms with Crippen molar-refractivity contribution in [2.45, 2.75) is 13.3 Å². The van der Waals surface area contributed by atoms with E-state index in [0.717, 1.165) is 12.0 Å². The molecule has 1 aromatic carbocycles. The zero-order valence-corrected chi connectivity index (χ0v) is 6.26. The first-order valence-corrected chi connectivity index (χ1v) is 3.56. The number of fused-ring (bicyclic) bond motifs is 2. The Balaban J connectivity index is 2.28. The molecule has 0 amide bonds. The van der Waals surface area contributed by atoms with Crippen LogP contribution in [-0.4, -0.2) is 5.97 Å². The Bertz CT molecular complexity index is 312. The van der Waals surface area contributed by atoms with Gasteiger partial charge in [0.1, 0.15) is 5.75 Å². The van der Waals surface area contributed by atoms with Gasteiger partial charge >= 0.3 is 5.97 Å². The van der Waals surface area contributed by atoms with E-state index in [9.17, 15) is 4.79 Å². The van der Waals surface area contributed by atoms with E-state index in [0.29, 0.717) is 5.75 Å². The van der Waals surface area contributed by atoms with Crippen molar-refractivity contribution < 1.29 is 9.53 Å². The Morgan fingerprint density at radius 3 is 2.73 bits per heavy atom. The predicted molar refractivity (Wildman–Crippen MR) is 40.6 cm³/mol. The van der Waals surface area contributed by atoms with Gasteiger partial charge in [-0.05, 0) is 17.2 Å². The number of hydrogen-bond acceptors (Lipinski definition) is 2. The molecule has 0 saturated carbocycles. The zero-order valence-electron chi connectivity index (χ0n) is 6.26. The van der Waals surface area contributed by atoms with Gasteiger partial charge in [0.2, 0.25) is 0 Å². The first-order valence-electron chi connectivity index (χ1n) is 3.56. The van der Waals surface area contributed by atoms with Crippen LogP contribution >= 0.6 is 0 Å². The van der Waals surface area contributed by atoms with E-state index < -0.39 is 0 Å². The van der Waals surface area contributed by atoms with Gasteiger partial charge in [0.25, 0.3) is 0 Å². The summed E-state index contributed by atoms with van der Waals surface area (Å²) in [5, 5.41) is 0. The summed E-state index contributed by atoms with van der Waals surface area (Å²) < 4.78 is 4.95. The average molecular weight is 148 g/mol. The minimum atomic E-state index is -0.249. The fourth-order valence-corrected chi connectivity index (χ4v) is 1.22. The van der Waals surface area contributed by atoms with E-state index in [2.05, 4.69) is 0 Å². The van der Waals surface area contributed by atoms with Crippen LogP contribution in [0.2, 0.25) is 0 Å². The lowest BCUT2D eigenvalue weighted by Crippen LogP contribution is -2.08. The molecule has 2 heteroatoms. The van der Waals surface area contributed by atoms with Crippen molar-refractivity contribution in [2.75, 3.05) is 0 Å². The molecule has 0 unspecified atom stereocenters. The molecule has 2 aliphatic carbocycles. The van der Waals surface area contributed by atoms with E-state index in [1.807, 2.05) is 18.2 Å². The van der Waals surface area contributed by atoms with Gasteiger partial charge in [-0.2, -0.15) is 0 Å². The normalized spacial score (nSPS) is 12.1. The molecule has 56 valence electrons. The maximum Gasteiger partial charge on any atom is 0.308 e. The van der Waals surface area contributed by atoms with E-state index in [-0.39, 0.29) is 5.97 Å². The molecule has 0 N–H and O–H groups in total. The van der Waals surface area contributed by atoms with Crippen LogP contribution in [0.15, 0.2) is 18.2 Å². The van der Waals surface area contributed by atoms with Gasteiger partial charge in [-0.25, -0.2) is 0 Å². The molecule has 11 heavy (non-hydrogen) atoms. The highest BCUT2D eigenvalue weighted by Crippen LogP contribution is 2.30. The third kappa shape index (κ3) is 1.00. The lowest BCUT2D eigenvalue weighted by Gasteiger charge is -2.17. The second-order valence-corrected chi connectivity index (χ2v) is 2.71. The Morgan fingerprint density at radius 1 is 1.55 bits per heavy atom. The van der Waals surface area contributed by atoms with Gasteiger partial charge in [-0.3, -0.25) is 4.79 Å². The van der Waals surface area contributed by atoms with Crippen LogP contribution in [0.4, 0.5) is 0 Å². The van der Waals surface area contributed by atoms with Gasteiger partial charge in [0.05, 0.1) is 0 Å². The molecule has 0 heterocycles. The molecule has 1 aromatic rings. The summed E-state index contributed by atoms with van der Waals surface area (Å²) in [6, 6.07) is 5.86. The topological polar surface area (TPSA) is 26.3 Å². The number of rotatable bonds is 1. The van der Waals surface area contributed by atoms with Crippen LogP contribution < -0.4 is 4.74 Å². The highest BCUT2D eigenvalue weighted by Gasteiger charge is 2.15. The molecule has 0 aliphatic heterocycles. The van der Waals surface area contributed by atoms with Crippen LogP contribution in [0.25, 0.3) is 0 Å². The Labute approximate surface area is 64.8 Å². The number of benzene rings is 1. The minimum Gasteiger partial charge on any atom is -0.426 e. The van der Waals surface area contributed by atoms with Crippen molar-refractivity contribution in [2.24, 2.45) is 0 Å². The molecule has 0 aromatic heterocycles. The monoisotopic (exact) mass is 148 g/mol. The van der Waals surface area contributed by atoms with E-state index >= 15 is 0 Å². The van der Waals surface area contributed by atoms with Crippen molar-refractivity contribution in [3.63, 3.8) is 0 Å². The maximum atomic E-state index is 10.6. The molecule has 3 rings (SSSR count). The zero-order chi connectivity index (χ0) is 7.84.